The van der Waals surface area contributed by atoms with Gasteiger partial charge in [-0.3, -0.25) is 15.0 Å². The molecular formula is C25H18BrN3. The largest absolute Gasteiger partial charge is 0.257 e. The van der Waals surface area contributed by atoms with Crippen molar-refractivity contribution in [1.82, 2.24) is 0 Å². The van der Waals surface area contributed by atoms with E-state index >= 15 is 0 Å². The Balaban J connectivity index is 1.32. The first-order valence-corrected chi connectivity index (χ1v) is 10.7. The van der Waals surface area contributed by atoms with Crippen LogP contribution in [0.15, 0.2) is 74.0 Å². The maximum atomic E-state index is 4.97. The Hall–Kier alpha value is -2.85. The Bertz CT molecular complexity index is 1300. The first kappa shape index (κ1) is 17.0. The van der Waals surface area contributed by atoms with Gasteiger partial charge >= 0.3 is 0 Å². The lowest BCUT2D eigenvalue weighted by Crippen LogP contribution is -2.01. The fourth-order valence-corrected chi connectivity index (χ4v) is 4.72. The average Bonchev–Trinajstić information content (AvgIpc) is 3.41. The third kappa shape index (κ3) is 2.90. The topological polar surface area (TPSA) is 37.1 Å². The number of halogens is 1. The van der Waals surface area contributed by atoms with Crippen LogP contribution in [0.4, 0.5) is 17.1 Å². The molecule has 3 aliphatic heterocycles. The second-order valence-electron chi connectivity index (χ2n) is 7.95. The summed E-state index contributed by atoms with van der Waals surface area (Å²) in [6, 6.07) is 19.5. The number of hydrogen-bond acceptors (Lipinski definition) is 3. The number of aliphatic imine (C=N–C) groups is 3. The number of hydrogen-bond donors (Lipinski definition) is 0. The summed E-state index contributed by atoms with van der Waals surface area (Å²) in [6.07, 6.45) is 2.71. The molecule has 4 heteroatoms. The molecule has 0 N–H and O–H groups in total. The molecule has 0 bridgehead atoms. The molecule has 3 aromatic rings. The number of benzene rings is 3. The molecule has 29 heavy (non-hydrogen) atoms. The van der Waals surface area contributed by atoms with E-state index in [4.69, 9.17) is 9.98 Å². The zero-order valence-electron chi connectivity index (χ0n) is 16.0. The highest BCUT2D eigenvalue weighted by atomic mass is 79.9. The molecule has 0 aliphatic carbocycles. The summed E-state index contributed by atoms with van der Waals surface area (Å²) in [5, 5.41) is 0. The first-order chi connectivity index (χ1) is 14.1. The summed E-state index contributed by atoms with van der Waals surface area (Å²) in [5.74, 6) is 0. The van der Waals surface area contributed by atoms with Crippen molar-refractivity contribution in [2.75, 3.05) is 0 Å². The van der Waals surface area contributed by atoms with E-state index in [1.54, 1.807) is 0 Å². The van der Waals surface area contributed by atoms with E-state index in [9.17, 15) is 0 Å². The summed E-state index contributed by atoms with van der Waals surface area (Å²) in [5.41, 5.74) is 12.9. The average molecular weight is 440 g/mol. The van der Waals surface area contributed by atoms with Gasteiger partial charge in [0, 0.05) is 29.4 Å². The molecule has 3 nitrogen and oxygen atoms in total. The van der Waals surface area contributed by atoms with E-state index in [0.29, 0.717) is 0 Å². The molecule has 3 aromatic carbocycles. The molecule has 3 aliphatic rings. The summed E-state index contributed by atoms with van der Waals surface area (Å²) in [6.45, 7) is 2.09. The van der Waals surface area contributed by atoms with Gasteiger partial charge in [0.1, 0.15) is 0 Å². The quantitative estimate of drug-likeness (QED) is 0.439. The molecule has 6 rings (SSSR count). The van der Waals surface area contributed by atoms with Crippen molar-refractivity contribution in [3.63, 3.8) is 0 Å². The van der Waals surface area contributed by atoms with Crippen LogP contribution in [-0.2, 0) is 19.3 Å². The Kier molecular flexibility index (Phi) is 3.72. The number of nitrogens with zero attached hydrogens (tertiary/aromatic N) is 3. The normalized spacial score (nSPS) is 16.1. The van der Waals surface area contributed by atoms with Crippen LogP contribution in [-0.4, -0.2) is 17.1 Å². The van der Waals surface area contributed by atoms with Crippen LogP contribution >= 0.6 is 15.9 Å². The molecular weight excluding hydrogens is 422 g/mol. The van der Waals surface area contributed by atoms with E-state index in [-0.39, 0.29) is 0 Å². The van der Waals surface area contributed by atoms with Gasteiger partial charge in [0.2, 0.25) is 0 Å². The van der Waals surface area contributed by atoms with Crippen LogP contribution in [0.2, 0.25) is 0 Å². The molecule has 140 valence electrons. The molecule has 0 atom stereocenters. The van der Waals surface area contributed by atoms with Crippen LogP contribution in [0, 0.1) is 0 Å². The SMILES string of the molecule is CC1=Nc2cc(C3=Nc4cc(C5=Nc6cc(Br)ccc6C5)ccc4C3)ccc2C1. The van der Waals surface area contributed by atoms with Gasteiger partial charge in [-0.1, -0.05) is 46.3 Å². The monoisotopic (exact) mass is 439 g/mol. The van der Waals surface area contributed by atoms with E-state index in [2.05, 4.69) is 82.4 Å². The third-order valence-electron chi connectivity index (χ3n) is 5.87. The zero-order valence-corrected chi connectivity index (χ0v) is 17.6. The molecule has 0 saturated heterocycles. The molecule has 0 unspecified atom stereocenters. The van der Waals surface area contributed by atoms with Crippen molar-refractivity contribution < 1.29 is 0 Å². The van der Waals surface area contributed by atoms with Crippen molar-refractivity contribution in [2.24, 2.45) is 15.0 Å². The summed E-state index contributed by atoms with van der Waals surface area (Å²) in [7, 11) is 0. The fourth-order valence-electron chi connectivity index (χ4n) is 4.37. The number of fused-ring (bicyclic) bond motifs is 3. The lowest BCUT2D eigenvalue weighted by Gasteiger charge is -2.03. The van der Waals surface area contributed by atoms with Crippen molar-refractivity contribution in [1.29, 1.82) is 0 Å². The molecule has 0 saturated carbocycles. The van der Waals surface area contributed by atoms with Gasteiger partial charge in [0.05, 0.1) is 28.5 Å². The van der Waals surface area contributed by atoms with E-state index in [0.717, 1.165) is 57.8 Å². The minimum absolute atomic E-state index is 0.872. The van der Waals surface area contributed by atoms with E-state index < -0.39 is 0 Å². The van der Waals surface area contributed by atoms with E-state index in [1.165, 1.54) is 28.0 Å². The van der Waals surface area contributed by atoms with Crippen LogP contribution in [0.1, 0.15) is 34.7 Å². The van der Waals surface area contributed by atoms with Crippen LogP contribution < -0.4 is 0 Å². The Morgan fingerprint density at radius 1 is 0.621 bits per heavy atom. The number of rotatable bonds is 2. The maximum Gasteiger partial charge on any atom is 0.0680 e. The van der Waals surface area contributed by atoms with Crippen molar-refractivity contribution >= 4 is 50.1 Å². The second kappa shape index (κ2) is 6.33. The first-order valence-electron chi connectivity index (χ1n) is 9.87. The Morgan fingerprint density at radius 2 is 1.14 bits per heavy atom. The van der Waals surface area contributed by atoms with Gasteiger partial charge < -0.3 is 0 Å². The Morgan fingerprint density at radius 3 is 1.79 bits per heavy atom. The van der Waals surface area contributed by atoms with Gasteiger partial charge in [-0.25, -0.2) is 0 Å². The van der Waals surface area contributed by atoms with E-state index in [1.807, 2.05) is 0 Å². The fraction of sp³-hybridized carbons (Fsp3) is 0.160. The predicted octanol–water partition coefficient (Wildman–Crippen LogP) is 6.45. The van der Waals surface area contributed by atoms with Gasteiger partial charge in [0.15, 0.2) is 0 Å². The maximum absolute atomic E-state index is 4.97. The van der Waals surface area contributed by atoms with Crippen LogP contribution in [0.5, 0.6) is 0 Å². The lowest BCUT2D eigenvalue weighted by atomic mass is 9.99. The molecule has 0 aromatic heterocycles. The second-order valence-corrected chi connectivity index (χ2v) is 8.87. The standard InChI is InChI=1S/C25H18BrN3/c1-14-8-15-2-3-16(9-21(15)27-14)22-10-17-4-5-18(11-23(17)28-22)24-12-19-6-7-20(26)13-25(19)29-24/h2-7,9,11,13H,8,10,12H2,1H3. The summed E-state index contributed by atoms with van der Waals surface area (Å²) in [4.78, 5) is 14.5. The Labute approximate surface area is 178 Å². The molecule has 0 radical (unpaired) electrons. The summed E-state index contributed by atoms with van der Waals surface area (Å²) < 4.78 is 1.07. The lowest BCUT2D eigenvalue weighted by molar-refractivity contribution is 1.35. The highest BCUT2D eigenvalue weighted by molar-refractivity contribution is 9.10. The van der Waals surface area contributed by atoms with Crippen molar-refractivity contribution in [2.45, 2.75) is 26.2 Å². The molecule has 0 spiro atoms. The van der Waals surface area contributed by atoms with Gasteiger partial charge in [-0.15, -0.1) is 0 Å². The molecule has 0 amide bonds. The highest BCUT2D eigenvalue weighted by Crippen LogP contribution is 2.36. The van der Waals surface area contributed by atoms with Gasteiger partial charge in [0.25, 0.3) is 0 Å². The van der Waals surface area contributed by atoms with Gasteiger partial charge in [-0.05, 0) is 59.0 Å². The highest BCUT2D eigenvalue weighted by Gasteiger charge is 2.21. The van der Waals surface area contributed by atoms with Crippen LogP contribution in [0.25, 0.3) is 0 Å². The predicted molar refractivity (Wildman–Crippen MR) is 123 cm³/mol. The smallest absolute Gasteiger partial charge is 0.0680 e. The van der Waals surface area contributed by atoms with Crippen molar-refractivity contribution in [3.05, 3.63) is 86.9 Å². The third-order valence-corrected chi connectivity index (χ3v) is 6.36. The van der Waals surface area contributed by atoms with Crippen molar-refractivity contribution in [3.8, 4) is 0 Å². The summed E-state index contributed by atoms with van der Waals surface area (Å²) >= 11 is 3.54. The van der Waals surface area contributed by atoms with Crippen LogP contribution in [0.3, 0.4) is 0 Å². The molecule has 3 heterocycles. The molecule has 0 fully saturated rings. The minimum Gasteiger partial charge on any atom is -0.257 e. The van der Waals surface area contributed by atoms with Gasteiger partial charge in [-0.2, -0.15) is 0 Å². The minimum atomic E-state index is 0.872. The zero-order chi connectivity index (χ0) is 19.5.